The van der Waals surface area contributed by atoms with Crippen molar-refractivity contribution in [2.45, 2.75) is 38.2 Å². The molecule has 0 saturated heterocycles. The SMILES string of the molecule is CCC(O)c1cc2c(C3CC3)cc(-c3cnc4nn(C)cc4c3)nc2s1. The lowest BCUT2D eigenvalue weighted by Crippen LogP contribution is -1.90. The zero-order valence-electron chi connectivity index (χ0n) is 14.8. The molecule has 132 valence electrons. The summed E-state index contributed by atoms with van der Waals surface area (Å²) in [5.41, 5.74) is 4.09. The molecule has 4 heterocycles. The molecule has 0 bridgehead atoms. The van der Waals surface area contributed by atoms with Crippen molar-refractivity contribution in [2.24, 2.45) is 7.05 Å². The first-order valence-electron chi connectivity index (χ1n) is 9.04. The number of rotatable bonds is 4. The van der Waals surface area contributed by atoms with E-state index >= 15 is 0 Å². The highest BCUT2D eigenvalue weighted by atomic mass is 32.1. The van der Waals surface area contributed by atoms with Crippen LogP contribution in [-0.4, -0.2) is 24.9 Å². The molecule has 0 amide bonds. The number of pyridine rings is 2. The standard InChI is InChI=1S/C20H20N4OS/c1-3-17(25)18-8-15-14(11-4-5-11)7-16(22-20(15)26-18)12-6-13-10-24(2)23-19(13)21-9-12/h6-11,17,25H,3-5H2,1-2H3. The Morgan fingerprint density at radius 1 is 1.31 bits per heavy atom. The number of hydrogen-bond acceptors (Lipinski definition) is 5. The third-order valence-electron chi connectivity index (χ3n) is 5.06. The fourth-order valence-electron chi connectivity index (χ4n) is 3.47. The summed E-state index contributed by atoms with van der Waals surface area (Å²) >= 11 is 1.61. The van der Waals surface area contributed by atoms with Crippen LogP contribution in [0.4, 0.5) is 0 Å². The van der Waals surface area contributed by atoms with Gasteiger partial charge in [-0.15, -0.1) is 11.3 Å². The van der Waals surface area contributed by atoms with E-state index in [-0.39, 0.29) is 0 Å². The normalized spacial score (nSPS) is 15.8. The van der Waals surface area contributed by atoms with Crippen LogP contribution in [0.3, 0.4) is 0 Å². The minimum Gasteiger partial charge on any atom is -0.388 e. The topological polar surface area (TPSA) is 63.8 Å². The monoisotopic (exact) mass is 364 g/mol. The minimum atomic E-state index is -0.405. The number of thiophene rings is 1. The third-order valence-corrected chi connectivity index (χ3v) is 6.19. The van der Waals surface area contributed by atoms with Gasteiger partial charge in [0, 0.05) is 40.7 Å². The first-order chi connectivity index (χ1) is 12.6. The molecule has 1 unspecified atom stereocenters. The van der Waals surface area contributed by atoms with Crippen molar-refractivity contribution in [1.82, 2.24) is 19.7 Å². The Morgan fingerprint density at radius 2 is 2.15 bits per heavy atom. The quantitative estimate of drug-likeness (QED) is 0.576. The molecule has 1 atom stereocenters. The van der Waals surface area contributed by atoms with Gasteiger partial charge in [-0.3, -0.25) is 4.68 Å². The second-order valence-corrected chi connectivity index (χ2v) is 8.16. The molecule has 0 spiro atoms. The van der Waals surface area contributed by atoms with Gasteiger partial charge in [-0.05, 0) is 48.9 Å². The second kappa shape index (κ2) is 5.86. The van der Waals surface area contributed by atoms with Gasteiger partial charge in [0.15, 0.2) is 5.65 Å². The molecule has 0 radical (unpaired) electrons. The zero-order chi connectivity index (χ0) is 17.8. The molecule has 4 aromatic rings. The summed E-state index contributed by atoms with van der Waals surface area (Å²) in [4.78, 5) is 11.4. The molecule has 5 rings (SSSR count). The summed E-state index contributed by atoms with van der Waals surface area (Å²) in [7, 11) is 1.91. The lowest BCUT2D eigenvalue weighted by atomic mass is 10.0. The van der Waals surface area contributed by atoms with Gasteiger partial charge in [0.2, 0.25) is 0 Å². The Bertz CT molecular complexity index is 1130. The fourth-order valence-corrected chi connectivity index (χ4v) is 4.61. The molecule has 0 aromatic carbocycles. The molecule has 26 heavy (non-hydrogen) atoms. The number of nitrogens with zero attached hydrogens (tertiary/aromatic N) is 4. The molecule has 1 N–H and O–H groups in total. The molecule has 0 aliphatic heterocycles. The van der Waals surface area contributed by atoms with Gasteiger partial charge in [0.05, 0.1) is 11.8 Å². The van der Waals surface area contributed by atoms with E-state index in [1.54, 1.807) is 16.0 Å². The molecule has 1 saturated carbocycles. The molecule has 5 nitrogen and oxygen atoms in total. The number of aryl methyl sites for hydroxylation is 1. The Morgan fingerprint density at radius 3 is 2.92 bits per heavy atom. The summed E-state index contributed by atoms with van der Waals surface area (Å²) in [6.45, 7) is 2.00. The van der Waals surface area contributed by atoms with E-state index in [9.17, 15) is 5.11 Å². The maximum Gasteiger partial charge on any atom is 0.181 e. The lowest BCUT2D eigenvalue weighted by Gasteiger charge is -2.06. The number of fused-ring (bicyclic) bond motifs is 2. The first-order valence-corrected chi connectivity index (χ1v) is 9.86. The predicted molar refractivity (Wildman–Crippen MR) is 104 cm³/mol. The van der Waals surface area contributed by atoms with Crippen LogP contribution in [0, 0.1) is 0 Å². The van der Waals surface area contributed by atoms with E-state index in [1.807, 2.05) is 26.4 Å². The first kappa shape index (κ1) is 15.9. The predicted octanol–water partition coefficient (Wildman–Crippen LogP) is 4.57. The fraction of sp³-hybridized carbons (Fsp3) is 0.350. The molecular formula is C20H20N4OS. The Balaban J connectivity index is 1.68. The van der Waals surface area contributed by atoms with Crippen molar-refractivity contribution in [3.8, 4) is 11.3 Å². The molecule has 4 aromatic heterocycles. The van der Waals surface area contributed by atoms with Gasteiger partial charge in [-0.25, -0.2) is 9.97 Å². The minimum absolute atomic E-state index is 0.405. The zero-order valence-corrected chi connectivity index (χ0v) is 15.6. The molecule has 6 heteroatoms. The highest BCUT2D eigenvalue weighted by molar-refractivity contribution is 7.18. The van der Waals surface area contributed by atoms with Crippen LogP contribution in [0.2, 0.25) is 0 Å². The van der Waals surface area contributed by atoms with Crippen molar-refractivity contribution in [2.75, 3.05) is 0 Å². The van der Waals surface area contributed by atoms with E-state index in [4.69, 9.17) is 4.98 Å². The smallest absolute Gasteiger partial charge is 0.181 e. The second-order valence-electron chi connectivity index (χ2n) is 7.10. The third kappa shape index (κ3) is 2.61. The Labute approximate surface area is 155 Å². The van der Waals surface area contributed by atoms with E-state index in [0.29, 0.717) is 5.92 Å². The molecular weight excluding hydrogens is 344 g/mol. The van der Waals surface area contributed by atoms with Crippen molar-refractivity contribution in [3.63, 3.8) is 0 Å². The van der Waals surface area contributed by atoms with Gasteiger partial charge in [-0.1, -0.05) is 6.92 Å². The highest BCUT2D eigenvalue weighted by Crippen LogP contribution is 2.46. The van der Waals surface area contributed by atoms with Gasteiger partial charge >= 0.3 is 0 Å². The lowest BCUT2D eigenvalue weighted by molar-refractivity contribution is 0.177. The van der Waals surface area contributed by atoms with Crippen LogP contribution in [0.1, 0.15) is 48.6 Å². The average molecular weight is 364 g/mol. The number of hydrogen-bond donors (Lipinski definition) is 1. The van der Waals surface area contributed by atoms with Crippen molar-refractivity contribution in [3.05, 3.63) is 41.0 Å². The van der Waals surface area contributed by atoms with Gasteiger partial charge in [0.1, 0.15) is 4.83 Å². The van der Waals surface area contributed by atoms with Crippen LogP contribution in [0.5, 0.6) is 0 Å². The summed E-state index contributed by atoms with van der Waals surface area (Å²) in [5.74, 6) is 0.621. The number of aromatic nitrogens is 4. The van der Waals surface area contributed by atoms with E-state index in [1.165, 1.54) is 23.8 Å². The summed E-state index contributed by atoms with van der Waals surface area (Å²) in [6, 6.07) is 6.46. The number of aliphatic hydroxyl groups excluding tert-OH is 1. The summed E-state index contributed by atoms with van der Waals surface area (Å²) in [6.07, 6.45) is 6.63. The Kier molecular flexibility index (Phi) is 3.58. The van der Waals surface area contributed by atoms with Crippen LogP contribution in [-0.2, 0) is 7.05 Å². The van der Waals surface area contributed by atoms with Crippen molar-refractivity contribution >= 4 is 32.6 Å². The van der Waals surface area contributed by atoms with Crippen molar-refractivity contribution < 1.29 is 5.11 Å². The van der Waals surface area contributed by atoms with Crippen LogP contribution < -0.4 is 0 Å². The Hall–Kier alpha value is -2.31. The van der Waals surface area contributed by atoms with Crippen LogP contribution in [0.15, 0.2) is 30.6 Å². The highest BCUT2D eigenvalue weighted by Gasteiger charge is 2.27. The summed E-state index contributed by atoms with van der Waals surface area (Å²) in [5, 5.41) is 16.8. The molecule has 1 aliphatic rings. The maximum atomic E-state index is 10.2. The number of aliphatic hydroxyl groups is 1. The largest absolute Gasteiger partial charge is 0.388 e. The summed E-state index contributed by atoms with van der Waals surface area (Å²) < 4.78 is 1.78. The van der Waals surface area contributed by atoms with E-state index in [2.05, 4.69) is 28.3 Å². The van der Waals surface area contributed by atoms with Crippen molar-refractivity contribution in [1.29, 1.82) is 0 Å². The van der Waals surface area contributed by atoms with Gasteiger partial charge < -0.3 is 5.11 Å². The van der Waals surface area contributed by atoms with Crippen LogP contribution in [0.25, 0.3) is 32.5 Å². The average Bonchev–Trinajstić information content (AvgIpc) is 3.28. The van der Waals surface area contributed by atoms with E-state index in [0.717, 1.165) is 38.4 Å². The van der Waals surface area contributed by atoms with E-state index < -0.39 is 6.10 Å². The van der Waals surface area contributed by atoms with Gasteiger partial charge in [-0.2, -0.15) is 5.10 Å². The molecule has 1 aliphatic carbocycles. The van der Waals surface area contributed by atoms with Gasteiger partial charge in [0.25, 0.3) is 0 Å². The van der Waals surface area contributed by atoms with Crippen LogP contribution >= 0.6 is 11.3 Å². The molecule has 1 fully saturated rings. The maximum absolute atomic E-state index is 10.2.